The Kier molecular flexibility index (Phi) is 6.87. The first-order valence-corrected chi connectivity index (χ1v) is 7.47. The average Bonchev–Trinajstić information content (AvgIpc) is 2.45. The number of nitrogens with zero attached hydrogens (tertiary/aromatic N) is 1. The van der Waals surface area contributed by atoms with Gasteiger partial charge in [-0.25, -0.2) is 0 Å². The first kappa shape index (κ1) is 16.0. The van der Waals surface area contributed by atoms with Crippen LogP contribution < -0.4 is 5.32 Å². The highest BCUT2D eigenvalue weighted by Crippen LogP contribution is 2.22. The van der Waals surface area contributed by atoms with Crippen molar-refractivity contribution in [3.8, 4) is 0 Å². The van der Waals surface area contributed by atoms with Gasteiger partial charge in [0.15, 0.2) is 0 Å². The third-order valence-electron chi connectivity index (χ3n) is 2.92. The molecule has 4 nitrogen and oxygen atoms in total. The van der Waals surface area contributed by atoms with Gasteiger partial charge in [-0.15, -0.1) is 11.8 Å². The molecule has 0 amide bonds. The lowest BCUT2D eigenvalue weighted by atomic mass is 9.99. The van der Waals surface area contributed by atoms with E-state index in [2.05, 4.69) is 17.2 Å². The first-order valence-electron chi connectivity index (χ1n) is 6.48. The monoisotopic (exact) mass is 282 g/mol. The molecule has 0 saturated carbocycles. The van der Waals surface area contributed by atoms with E-state index in [9.17, 15) is 4.79 Å². The van der Waals surface area contributed by atoms with Gasteiger partial charge in [-0.3, -0.25) is 9.78 Å². The number of hydrogen-bond acceptors (Lipinski definition) is 5. The summed E-state index contributed by atoms with van der Waals surface area (Å²) in [5, 5.41) is 3.28. The highest BCUT2D eigenvalue weighted by Gasteiger charge is 2.32. The molecule has 0 saturated heterocycles. The maximum absolute atomic E-state index is 11.9. The highest BCUT2D eigenvalue weighted by atomic mass is 32.2. The van der Waals surface area contributed by atoms with Gasteiger partial charge in [-0.1, -0.05) is 6.92 Å². The molecule has 106 valence electrons. The largest absolute Gasteiger partial charge is 0.468 e. The Labute approximate surface area is 119 Å². The van der Waals surface area contributed by atoms with E-state index in [4.69, 9.17) is 4.74 Å². The number of pyridine rings is 1. The van der Waals surface area contributed by atoms with Crippen molar-refractivity contribution in [3.05, 3.63) is 24.5 Å². The van der Waals surface area contributed by atoms with E-state index in [0.29, 0.717) is 0 Å². The molecular weight excluding hydrogens is 260 g/mol. The van der Waals surface area contributed by atoms with Gasteiger partial charge in [0, 0.05) is 23.0 Å². The molecule has 0 aliphatic rings. The molecule has 5 heteroatoms. The Bertz CT molecular complexity index is 386. The molecule has 19 heavy (non-hydrogen) atoms. The second kappa shape index (κ2) is 8.17. The van der Waals surface area contributed by atoms with E-state index in [1.54, 1.807) is 24.2 Å². The maximum atomic E-state index is 11.9. The summed E-state index contributed by atoms with van der Waals surface area (Å²) in [5.74, 6) is 0.656. The fraction of sp³-hybridized carbons (Fsp3) is 0.571. The Hall–Kier alpha value is -1.07. The summed E-state index contributed by atoms with van der Waals surface area (Å²) in [5.41, 5.74) is -0.606. The lowest BCUT2D eigenvalue weighted by Gasteiger charge is -2.27. The molecule has 0 spiro atoms. The van der Waals surface area contributed by atoms with Crippen LogP contribution in [0.1, 0.15) is 26.7 Å². The fourth-order valence-electron chi connectivity index (χ4n) is 1.70. The molecule has 0 aromatic carbocycles. The summed E-state index contributed by atoms with van der Waals surface area (Å²) >= 11 is 1.72. The minimum absolute atomic E-state index is 0.198. The van der Waals surface area contributed by atoms with E-state index >= 15 is 0 Å². The van der Waals surface area contributed by atoms with Crippen LogP contribution >= 0.6 is 11.8 Å². The standard InChI is InChI=1S/C14H22N2O2S/c1-4-8-16-14(2,13(17)18-3)7-11-19-12-5-9-15-10-6-12/h5-6,9-10,16H,4,7-8,11H2,1-3H3. The van der Waals surface area contributed by atoms with Gasteiger partial charge in [-0.2, -0.15) is 0 Å². The van der Waals surface area contributed by atoms with Crippen LogP contribution in [0.4, 0.5) is 0 Å². The van der Waals surface area contributed by atoms with Crippen molar-refractivity contribution in [1.82, 2.24) is 10.3 Å². The molecule has 1 rings (SSSR count). The van der Waals surface area contributed by atoms with Crippen LogP contribution in [-0.4, -0.2) is 35.9 Å². The fourth-order valence-corrected chi connectivity index (χ4v) is 2.76. The van der Waals surface area contributed by atoms with Crippen molar-refractivity contribution in [2.45, 2.75) is 37.1 Å². The molecule has 0 fully saturated rings. The van der Waals surface area contributed by atoms with Crippen LogP contribution in [0.3, 0.4) is 0 Å². The minimum atomic E-state index is -0.606. The van der Waals surface area contributed by atoms with E-state index in [-0.39, 0.29) is 5.97 Å². The molecule has 0 bridgehead atoms. The van der Waals surface area contributed by atoms with Crippen molar-refractivity contribution in [2.75, 3.05) is 19.4 Å². The molecule has 0 aliphatic carbocycles. The van der Waals surface area contributed by atoms with Crippen LogP contribution in [0.25, 0.3) is 0 Å². The van der Waals surface area contributed by atoms with E-state index in [1.807, 2.05) is 19.1 Å². The number of hydrogen-bond donors (Lipinski definition) is 1. The Balaban J connectivity index is 2.51. The van der Waals surface area contributed by atoms with Gasteiger partial charge in [0.1, 0.15) is 5.54 Å². The number of carbonyl (C=O) groups excluding carboxylic acids is 1. The van der Waals surface area contributed by atoms with E-state index in [1.165, 1.54) is 7.11 Å². The third kappa shape index (κ3) is 5.20. The normalized spacial score (nSPS) is 13.8. The van der Waals surface area contributed by atoms with Crippen LogP contribution in [0, 0.1) is 0 Å². The topological polar surface area (TPSA) is 51.2 Å². The number of esters is 1. The molecule has 0 radical (unpaired) electrons. The summed E-state index contributed by atoms with van der Waals surface area (Å²) in [6, 6.07) is 3.94. The summed E-state index contributed by atoms with van der Waals surface area (Å²) in [6.45, 7) is 4.80. The van der Waals surface area contributed by atoms with Gasteiger partial charge in [0.2, 0.25) is 0 Å². The van der Waals surface area contributed by atoms with Gasteiger partial charge >= 0.3 is 5.97 Å². The SMILES string of the molecule is CCCNC(C)(CCSc1ccncc1)C(=O)OC. The molecule has 1 aromatic rings. The minimum Gasteiger partial charge on any atom is -0.468 e. The molecule has 1 heterocycles. The van der Waals surface area contributed by atoms with Crippen molar-refractivity contribution < 1.29 is 9.53 Å². The van der Waals surface area contributed by atoms with Crippen molar-refractivity contribution in [1.29, 1.82) is 0 Å². The lowest BCUT2D eigenvalue weighted by Crippen LogP contribution is -2.50. The van der Waals surface area contributed by atoms with Gasteiger partial charge < -0.3 is 10.1 Å². The number of aromatic nitrogens is 1. The molecule has 1 atom stereocenters. The predicted molar refractivity (Wildman–Crippen MR) is 78.3 cm³/mol. The molecular formula is C14H22N2O2S. The lowest BCUT2D eigenvalue weighted by molar-refractivity contribution is -0.148. The first-order chi connectivity index (χ1) is 9.12. The zero-order valence-corrected chi connectivity index (χ0v) is 12.6. The average molecular weight is 282 g/mol. The smallest absolute Gasteiger partial charge is 0.325 e. The number of methoxy groups -OCH3 is 1. The number of thioether (sulfide) groups is 1. The number of nitrogens with one attached hydrogen (secondary N) is 1. The second-order valence-corrected chi connectivity index (χ2v) is 5.70. The van der Waals surface area contributed by atoms with Crippen LogP contribution in [0.2, 0.25) is 0 Å². The predicted octanol–water partition coefficient (Wildman–Crippen LogP) is 2.50. The van der Waals surface area contributed by atoms with Crippen molar-refractivity contribution >= 4 is 17.7 Å². The van der Waals surface area contributed by atoms with E-state index < -0.39 is 5.54 Å². The Morgan fingerprint density at radius 1 is 1.47 bits per heavy atom. The summed E-state index contributed by atoms with van der Waals surface area (Å²) < 4.78 is 4.89. The number of carbonyl (C=O) groups is 1. The second-order valence-electron chi connectivity index (χ2n) is 4.53. The summed E-state index contributed by atoms with van der Waals surface area (Å²) in [4.78, 5) is 17.0. The molecule has 1 aromatic heterocycles. The molecule has 1 N–H and O–H groups in total. The van der Waals surface area contributed by atoms with Crippen LogP contribution in [0.15, 0.2) is 29.4 Å². The van der Waals surface area contributed by atoms with Gasteiger partial charge in [0.05, 0.1) is 7.11 Å². The highest BCUT2D eigenvalue weighted by molar-refractivity contribution is 7.99. The van der Waals surface area contributed by atoms with E-state index in [0.717, 1.165) is 30.0 Å². The van der Waals surface area contributed by atoms with Crippen LogP contribution in [0.5, 0.6) is 0 Å². The molecule has 1 unspecified atom stereocenters. The quantitative estimate of drug-likeness (QED) is 0.586. The molecule has 0 aliphatic heterocycles. The third-order valence-corrected chi connectivity index (χ3v) is 3.94. The van der Waals surface area contributed by atoms with Crippen LogP contribution in [-0.2, 0) is 9.53 Å². The zero-order valence-electron chi connectivity index (χ0n) is 11.8. The summed E-state index contributed by atoms with van der Waals surface area (Å²) in [7, 11) is 1.43. The van der Waals surface area contributed by atoms with Gasteiger partial charge in [0.25, 0.3) is 0 Å². The number of ether oxygens (including phenoxy) is 1. The van der Waals surface area contributed by atoms with Crippen molar-refractivity contribution in [3.63, 3.8) is 0 Å². The number of rotatable bonds is 8. The zero-order chi connectivity index (χ0) is 14.1. The van der Waals surface area contributed by atoms with Crippen molar-refractivity contribution in [2.24, 2.45) is 0 Å². The Morgan fingerprint density at radius 2 is 2.16 bits per heavy atom. The maximum Gasteiger partial charge on any atom is 0.325 e. The van der Waals surface area contributed by atoms with Gasteiger partial charge in [-0.05, 0) is 38.4 Å². The summed E-state index contributed by atoms with van der Waals surface area (Å²) in [6.07, 6.45) is 5.27. The Morgan fingerprint density at radius 3 is 2.74 bits per heavy atom.